The highest BCUT2D eigenvalue weighted by molar-refractivity contribution is 5.85. The van der Waals surface area contributed by atoms with Gasteiger partial charge in [0.05, 0.1) is 6.20 Å². The molecule has 1 aromatic heterocycles. The number of hydrogen-bond donors (Lipinski definition) is 4. The van der Waals surface area contributed by atoms with Crippen molar-refractivity contribution in [3.8, 4) is 5.75 Å². The van der Waals surface area contributed by atoms with E-state index in [9.17, 15) is 15.1 Å². The number of nitrogens with one attached hydrogen (secondary N) is 1. The monoisotopic (exact) mass is 213 g/mol. The molecule has 1 heterocycles. The lowest BCUT2D eigenvalue weighted by Crippen LogP contribution is -2.78. The Hall–Kier alpha value is -1.98. The van der Waals surface area contributed by atoms with Crippen LogP contribution in [0.5, 0.6) is 5.75 Å². The summed E-state index contributed by atoms with van der Waals surface area (Å²) >= 11 is 0. The van der Waals surface area contributed by atoms with Gasteiger partial charge in [0.2, 0.25) is 5.43 Å². The number of aliphatic hydroxyl groups excluding tert-OH is 1. The van der Waals surface area contributed by atoms with Crippen molar-refractivity contribution >= 4 is 5.90 Å². The molecule has 0 bridgehead atoms. The second-order valence-corrected chi connectivity index (χ2v) is 3.40. The number of pyridine rings is 1. The van der Waals surface area contributed by atoms with E-state index in [2.05, 4.69) is 4.99 Å². The van der Waals surface area contributed by atoms with Crippen molar-refractivity contribution in [3.63, 3.8) is 0 Å². The van der Waals surface area contributed by atoms with Crippen LogP contribution in [-0.2, 0) is 0 Å². The SMILES string of the molecule is CC(C)[NH+]=C(O)c1cc(=O)c(O)cn1O. The first-order valence-corrected chi connectivity index (χ1v) is 4.39. The van der Waals surface area contributed by atoms with E-state index in [4.69, 9.17) is 5.11 Å². The molecule has 4 N–H and O–H groups in total. The quantitative estimate of drug-likeness (QED) is 0.275. The summed E-state index contributed by atoms with van der Waals surface area (Å²) in [4.78, 5) is 13.7. The number of hydrogen-bond acceptors (Lipinski definition) is 3. The van der Waals surface area contributed by atoms with Gasteiger partial charge in [0.15, 0.2) is 11.4 Å². The Balaban J connectivity index is 3.27. The van der Waals surface area contributed by atoms with E-state index in [1.807, 2.05) is 0 Å². The summed E-state index contributed by atoms with van der Waals surface area (Å²) in [6, 6.07) is 0.883. The molecular weight excluding hydrogens is 200 g/mol. The summed E-state index contributed by atoms with van der Waals surface area (Å²) in [5.41, 5.74) is -0.779. The van der Waals surface area contributed by atoms with Gasteiger partial charge in [0.25, 0.3) is 0 Å². The van der Waals surface area contributed by atoms with Crippen LogP contribution in [0.25, 0.3) is 0 Å². The minimum Gasteiger partial charge on any atom is -0.503 e. The maximum absolute atomic E-state index is 11.1. The van der Waals surface area contributed by atoms with Gasteiger partial charge in [-0.15, -0.1) is 0 Å². The third kappa shape index (κ3) is 2.49. The van der Waals surface area contributed by atoms with Gasteiger partial charge in [-0.1, -0.05) is 0 Å². The van der Waals surface area contributed by atoms with Crippen LogP contribution in [0, 0.1) is 0 Å². The first-order chi connectivity index (χ1) is 6.91. The molecule has 0 saturated carbocycles. The standard InChI is InChI=1S/C9H12N2O4/c1-5(2)10-9(14)6-3-7(12)8(13)4-11(6)15/h3-5,13,15H,1-2H3,(H,10,14)/p+1. The molecule has 0 spiro atoms. The Morgan fingerprint density at radius 2 is 2.13 bits per heavy atom. The summed E-state index contributed by atoms with van der Waals surface area (Å²) in [5.74, 6) is -0.914. The maximum Gasteiger partial charge on any atom is 0.386 e. The van der Waals surface area contributed by atoms with Gasteiger partial charge in [-0.2, -0.15) is 4.73 Å². The Morgan fingerprint density at radius 3 is 2.67 bits per heavy atom. The minimum absolute atomic E-state index is 0.0473. The first-order valence-electron chi connectivity index (χ1n) is 4.39. The molecule has 0 saturated heterocycles. The second kappa shape index (κ2) is 4.04. The van der Waals surface area contributed by atoms with E-state index < -0.39 is 11.2 Å². The van der Waals surface area contributed by atoms with Crippen molar-refractivity contribution in [2.24, 2.45) is 0 Å². The van der Waals surface area contributed by atoms with Crippen molar-refractivity contribution in [2.75, 3.05) is 0 Å². The largest absolute Gasteiger partial charge is 0.503 e. The Morgan fingerprint density at radius 1 is 1.53 bits per heavy atom. The summed E-state index contributed by atoms with van der Waals surface area (Å²) in [5, 5.41) is 27.8. The highest BCUT2D eigenvalue weighted by Gasteiger charge is 2.15. The van der Waals surface area contributed by atoms with Crippen LogP contribution in [0.3, 0.4) is 0 Å². The molecule has 0 aliphatic heterocycles. The molecule has 0 radical (unpaired) electrons. The van der Waals surface area contributed by atoms with E-state index in [0.717, 1.165) is 12.3 Å². The zero-order chi connectivity index (χ0) is 11.6. The van der Waals surface area contributed by atoms with Gasteiger partial charge >= 0.3 is 5.90 Å². The predicted octanol–water partition coefficient (Wildman–Crippen LogP) is -1.42. The van der Waals surface area contributed by atoms with Crippen molar-refractivity contribution in [2.45, 2.75) is 19.9 Å². The number of aromatic nitrogens is 1. The van der Waals surface area contributed by atoms with Crippen molar-refractivity contribution in [1.29, 1.82) is 0 Å². The molecule has 0 aliphatic carbocycles. The summed E-state index contributed by atoms with van der Waals surface area (Å²) in [7, 11) is 0. The van der Waals surface area contributed by atoms with Gasteiger partial charge in [-0.25, -0.2) is 4.99 Å². The average Bonchev–Trinajstić information content (AvgIpc) is 2.09. The zero-order valence-electron chi connectivity index (χ0n) is 8.43. The molecule has 0 aromatic carbocycles. The molecule has 6 heteroatoms. The fraction of sp³-hybridized carbons (Fsp3) is 0.333. The molecule has 1 aromatic rings. The summed E-state index contributed by atoms with van der Waals surface area (Å²) in [6.07, 6.45) is 0.815. The maximum atomic E-state index is 11.1. The van der Waals surface area contributed by atoms with E-state index in [1.165, 1.54) is 0 Å². The lowest BCUT2D eigenvalue weighted by atomic mass is 10.3. The van der Waals surface area contributed by atoms with Crippen LogP contribution in [0.4, 0.5) is 0 Å². The Kier molecular flexibility index (Phi) is 2.99. The van der Waals surface area contributed by atoms with Crippen LogP contribution >= 0.6 is 0 Å². The molecule has 0 amide bonds. The van der Waals surface area contributed by atoms with Crippen LogP contribution in [-0.4, -0.2) is 32.1 Å². The number of rotatable bonds is 2. The molecule has 0 atom stereocenters. The second-order valence-electron chi connectivity index (χ2n) is 3.40. The smallest absolute Gasteiger partial charge is 0.386 e. The normalized spacial score (nSPS) is 12.1. The molecule has 82 valence electrons. The van der Waals surface area contributed by atoms with Crippen LogP contribution in [0.2, 0.25) is 0 Å². The number of aliphatic hydroxyl groups is 1. The molecule has 1 rings (SSSR count). The van der Waals surface area contributed by atoms with Crippen LogP contribution in [0.15, 0.2) is 17.1 Å². The highest BCUT2D eigenvalue weighted by atomic mass is 16.5. The predicted molar refractivity (Wildman–Crippen MR) is 52.4 cm³/mol. The molecular formula is C9H13N2O4+. The van der Waals surface area contributed by atoms with Crippen LogP contribution in [0.1, 0.15) is 19.5 Å². The lowest BCUT2D eigenvalue weighted by Gasteiger charge is -2.02. The zero-order valence-corrected chi connectivity index (χ0v) is 8.43. The summed E-state index contributed by atoms with van der Waals surface area (Å²) < 4.78 is 0.474. The van der Waals surface area contributed by atoms with Crippen molar-refractivity contribution in [3.05, 3.63) is 28.2 Å². The van der Waals surface area contributed by atoms with Crippen molar-refractivity contribution in [1.82, 2.24) is 4.73 Å². The van der Waals surface area contributed by atoms with E-state index in [0.29, 0.717) is 4.73 Å². The van der Waals surface area contributed by atoms with E-state index >= 15 is 0 Å². The Bertz CT molecular complexity index is 448. The van der Waals surface area contributed by atoms with Gasteiger partial charge in [0, 0.05) is 6.07 Å². The molecule has 15 heavy (non-hydrogen) atoms. The molecule has 0 aliphatic rings. The van der Waals surface area contributed by atoms with Gasteiger partial charge < -0.3 is 15.4 Å². The number of nitrogens with zero attached hydrogens (tertiary/aromatic N) is 1. The number of aromatic hydroxyl groups is 1. The topological polar surface area (TPSA) is 96.7 Å². The summed E-state index contributed by atoms with van der Waals surface area (Å²) in [6.45, 7) is 3.58. The highest BCUT2D eigenvalue weighted by Crippen LogP contribution is 2.01. The average molecular weight is 213 g/mol. The van der Waals surface area contributed by atoms with Crippen LogP contribution < -0.4 is 10.4 Å². The van der Waals surface area contributed by atoms with E-state index in [-0.39, 0.29) is 17.6 Å². The molecule has 0 unspecified atom stereocenters. The molecule has 6 nitrogen and oxygen atoms in total. The fourth-order valence-electron chi connectivity index (χ4n) is 1.04. The third-order valence-corrected chi connectivity index (χ3v) is 1.68. The Labute approximate surface area is 85.7 Å². The van der Waals surface area contributed by atoms with E-state index in [1.54, 1.807) is 13.8 Å². The fourth-order valence-corrected chi connectivity index (χ4v) is 1.04. The van der Waals surface area contributed by atoms with Gasteiger partial charge in [-0.05, 0) is 13.8 Å². The van der Waals surface area contributed by atoms with Gasteiger partial charge in [-0.3, -0.25) is 4.79 Å². The first kappa shape index (κ1) is 11.1. The van der Waals surface area contributed by atoms with Crippen molar-refractivity contribution < 1.29 is 20.4 Å². The third-order valence-electron chi connectivity index (χ3n) is 1.68. The lowest BCUT2D eigenvalue weighted by molar-refractivity contribution is -0.501. The minimum atomic E-state index is -0.674. The van der Waals surface area contributed by atoms with Gasteiger partial charge in [0.1, 0.15) is 6.04 Å². The molecule has 0 fully saturated rings.